The van der Waals surface area contributed by atoms with E-state index in [4.69, 9.17) is 5.11 Å². The number of halogens is 2. The first-order chi connectivity index (χ1) is 11.3. The van der Waals surface area contributed by atoms with E-state index in [-0.39, 0.29) is 31.4 Å². The molecule has 25 heavy (non-hydrogen) atoms. The molecule has 0 aromatic heterocycles. The van der Waals surface area contributed by atoms with Crippen LogP contribution in [-0.2, 0) is 24.7 Å². The van der Waals surface area contributed by atoms with Crippen LogP contribution in [0.2, 0.25) is 0 Å². The van der Waals surface area contributed by atoms with Gasteiger partial charge in [0.05, 0.1) is 0 Å². The molecule has 1 N–H and O–H groups in total. The maximum atomic E-state index is 9.16. The summed E-state index contributed by atoms with van der Waals surface area (Å²) in [5.41, 5.74) is 10.1. The monoisotopic (exact) mass is 447 g/mol. The Morgan fingerprint density at radius 1 is 0.960 bits per heavy atom. The van der Waals surface area contributed by atoms with Gasteiger partial charge in [0.2, 0.25) is 0 Å². The fraction of sp³-hybridized carbons (Fsp3) is 0.238. The summed E-state index contributed by atoms with van der Waals surface area (Å²) in [6, 6.07) is 15.6. The van der Waals surface area contributed by atoms with Gasteiger partial charge in [-0.15, -0.1) is 0 Å². The van der Waals surface area contributed by atoms with E-state index < -0.39 is 0 Å². The molecule has 2 aromatic rings. The quantitative estimate of drug-likeness (QED) is 0.622. The van der Waals surface area contributed by atoms with Crippen molar-refractivity contribution in [3.8, 4) is 11.1 Å². The van der Waals surface area contributed by atoms with E-state index in [1.807, 2.05) is 0 Å². The number of hydrogen-bond acceptors (Lipinski definition) is 1. The first-order valence-corrected chi connectivity index (χ1v) is 9.66. The van der Waals surface area contributed by atoms with Crippen molar-refractivity contribution in [2.45, 2.75) is 22.9 Å². The van der Waals surface area contributed by atoms with Crippen LogP contribution in [0.3, 0.4) is 0 Å². The predicted molar refractivity (Wildman–Crippen MR) is 90.7 cm³/mol. The Balaban J connectivity index is 0.00000113. The van der Waals surface area contributed by atoms with Gasteiger partial charge in [-0.3, -0.25) is 0 Å². The molecule has 0 spiro atoms. The van der Waals surface area contributed by atoms with Gasteiger partial charge in [0.1, 0.15) is 0 Å². The summed E-state index contributed by atoms with van der Waals surface area (Å²) in [4.78, 5) is 0. The minimum Gasteiger partial charge on any atom is -1.00 e. The number of fused-ring (bicyclic) bond motifs is 3. The molecule has 0 saturated heterocycles. The zero-order valence-corrected chi connectivity index (χ0v) is 17.8. The number of rotatable bonds is 4. The Bertz CT molecular complexity index is 826. The maximum absolute atomic E-state index is 9.16. The van der Waals surface area contributed by atoms with Crippen molar-refractivity contribution in [2.24, 2.45) is 0 Å². The third-order valence-corrected chi connectivity index (χ3v) is 6.39. The van der Waals surface area contributed by atoms with Crippen molar-refractivity contribution in [2.75, 3.05) is 6.61 Å². The number of aliphatic hydroxyl groups is 1. The van der Waals surface area contributed by atoms with Crippen molar-refractivity contribution < 1.29 is 54.6 Å². The van der Waals surface area contributed by atoms with Gasteiger partial charge in [-0.25, -0.2) is 0 Å². The van der Waals surface area contributed by atoms with Crippen LogP contribution in [0.25, 0.3) is 16.7 Å². The van der Waals surface area contributed by atoms with Crippen LogP contribution in [0, 0.1) is 0 Å². The minimum atomic E-state index is 0. The molecule has 0 saturated carbocycles. The van der Waals surface area contributed by atoms with Crippen LogP contribution in [0.1, 0.15) is 39.6 Å². The largest absolute Gasteiger partial charge is 1.00 e. The normalized spacial score (nSPS) is 17.0. The van der Waals surface area contributed by atoms with Gasteiger partial charge in [0, 0.05) is 0 Å². The molecule has 2 aliphatic rings. The molecular formula is C21H19Cl2OZr. The van der Waals surface area contributed by atoms with Gasteiger partial charge in [-0.05, 0) is 0 Å². The van der Waals surface area contributed by atoms with E-state index in [1.54, 1.807) is 24.7 Å². The van der Waals surface area contributed by atoms with Gasteiger partial charge in [-0.1, -0.05) is 0 Å². The van der Waals surface area contributed by atoms with Gasteiger partial charge in [-0.2, -0.15) is 0 Å². The average molecular weight is 450 g/mol. The van der Waals surface area contributed by atoms with Crippen molar-refractivity contribution in [3.05, 3.63) is 76.9 Å². The van der Waals surface area contributed by atoms with Crippen molar-refractivity contribution in [1.82, 2.24) is 0 Å². The van der Waals surface area contributed by atoms with Crippen LogP contribution in [0.15, 0.2) is 60.2 Å². The van der Waals surface area contributed by atoms with E-state index in [9.17, 15) is 0 Å². The Kier molecular flexibility index (Phi) is 7.29. The Hall–Kier alpha value is -0.657. The molecule has 0 aliphatic heterocycles. The Morgan fingerprint density at radius 2 is 1.68 bits per heavy atom. The molecule has 0 fully saturated rings. The Labute approximate surface area is 176 Å². The second-order valence-corrected chi connectivity index (χ2v) is 7.64. The van der Waals surface area contributed by atoms with Gasteiger partial charge < -0.3 is 24.8 Å². The fourth-order valence-corrected chi connectivity index (χ4v) is 5.24. The maximum Gasteiger partial charge on any atom is -1.00 e. The first-order valence-electron chi connectivity index (χ1n) is 8.24. The molecule has 1 nitrogen and oxygen atoms in total. The van der Waals surface area contributed by atoms with E-state index in [0.717, 1.165) is 19.3 Å². The summed E-state index contributed by atoms with van der Waals surface area (Å²) >= 11 is 1.56. The van der Waals surface area contributed by atoms with Crippen LogP contribution >= 0.6 is 0 Å². The van der Waals surface area contributed by atoms with E-state index in [2.05, 4.69) is 54.6 Å². The van der Waals surface area contributed by atoms with Crippen LogP contribution in [0.5, 0.6) is 0 Å². The second-order valence-electron chi connectivity index (χ2n) is 6.22. The van der Waals surface area contributed by atoms with Crippen LogP contribution < -0.4 is 24.8 Å². The molecule has 1 atom stereocenters. The van der Waals surface area contributed by atoms with Crippen molar-refractivity contribution >= 4 is 5.57 Å². The molecule has 0 heterocycles. The van der Waals surface area contributed by atoms with Crippen molar-refractivity contribution in [1.29, 1.82) is 0 Å². The van der Waals surface area contributed by atoms with Gasteiger partial charge in [0.25, 0.3) is 0 Å². The molecule has 4 heteroatoms. The SMILES string of the molecule is OCCCC1=C(c2cccc3c2[CH]([Zr+2])c2ccccc2-3)CC=C1.[Cl-].[Cl-]. The zero-order chi connectivity index (χ0) is 15.8. The summed E-state index contributed by atoms with van der Waals surface area (Å²) in [6.07, 6.45) is 7.36. The number of allylic oxidation sites excluding steroid dienone is 4. The molecule has 0 bridgehead atoms. The molecule has 0 radical (unpaired) electrons. The minimum absolute atomic E-state index is 0. The second kappa shape index (κ2) is 8.82. The van der Waals surface area contributed by atoms with E-state index >= 15 is 0 Å². The number of benzene rings is 2. The molecule has 127 valence electrons. The van der Waals surface area contributed by atoms with E-state index in [1.165, 1.54) is 39.0 Å². The third kappa shape index (κ3) is 3.60. The smallest absolute Gasteiger partial charge is 1.00 e. The molecule has 0 amide bonds. The predicted octanol–water partition coefficient (Wildman–Crippen LogP) is -1.20. The summed E-state index contributed by atoms with van der Waals surface area (Å²) in [7, 11) is 0. The topological polar surface area (TPSA) is 20.2 Å². The number of aliphatic hydroxyl groups excluding tert-OH is 1. The Morgan fingerprint density at radius 3 is 2.48 bits per heavy atom. The third-order valence-electron chi connectivity index (χ3n) is 4.91. The molecule has 2 aliphatic carbocycles. The molecular weight excluding hydrogens is 430 g/mol. The fourth-order valence-electron chi connectivity index (χ4n) is 3.86. The summed E-state index contributed by atoms with van der Waals surface area (Å²) in [6.45, 7) is 0.268. The summed E-state index contributed by atoms with van der Waals surface area (Å²) in [5, 5.41) is 9.16. The summed E-state index contributed by atoms with van der Waals surface area (Å²) in [5.74, 6) is 0. The standard InChI is InChI=1S/C21H19O.2ClH.Zr/c22-13-5-8-15-7-3-10-17(15)19-11-4-12-20-18-9-2-1-6-16(18)14-21(19)20;;;/h1-4,6-7,9,11-12,14,22H,5,8,10,13H2;2*1H;/q;;;+2/p-2. The average Bonchev–Trinajstić information content (AvgIpc) is 3.17. The first kappa shape index (κ1) is 20.7. The molecule has 1 unspecified atom stereocenters. The van der Waals surface area contributed by atoms with Crippen molar-refractivity contribution in [3.63, 3.8) is 0 Å². The zero-order valence-electron chi connectivity index (χ0n) is 13.8. The van der Waals surface area contributed by atoms with Crippen LogP contribution in [-0.4, -0.2) is 11.7 Å². The molecule has 2 aromatic carbocycles. The number of hydrogen-bond donors (Lipinski definition) is 1. The van der Waals surface area contributed by atoms with Gasteiger partial charge in [0.15, 0.2) is 0 Å². The molecule has 4 rings (SSSR count). The van der Waals surface area contributed by atoms with E-state index in [0.29, 0.717) is 3.63 Å². The van der Waals surface area contributed by atoms with Crippen LogP contribution in [0.4, 0.5) is 0 Å². The van der Waals surface area contributed by atoms with Gasteiger partial charge >= 0.3 is 153 Å². The summed E-state index contributed by atoms with van der Waals surface area (Å²) < 4.78 is 0.539.